The molecule has 0 amide bonds. The summed E-state index contributed by atoms with van der Waals surface area (Å²) in [5.41, 5.74) is 1.91. The lowest BCUT2D eigenvalue weighted by Crippen LogP contribution is -2.26. The van der Waals surface area contributed by atoms with Crippen LogP contribution < -0.4 is 5.32 Å². The van der Waals surface area contributed by atoms with E-state index in [9.17, 15) is 14.7 Å². The Morgan fingerprint density at radius 1 is 0.698 bits per heavy atom. The first-order valence-corrected chi connectivity index (χ1v) is 16.9. The average molecular weight is 637 g/mol. The number of benzene rings is 2. The molecule has 0 saturated carbocycles. The van der Waals surface area contributed by atoms with Crippen molar-refractivity contribution in [2.75, 3.05) is 18.5 Å². The number of halogens is 2. The van der Waals surface area contributed by atoms with Gasteiger partial charge in [0, 0.05) is 12.1 Å². The molecule has 0 radical (unpaired) electrons. The molecular formula is C35H51Cl2NO5. The Morgan fingerprint density at radius 3 is 1.74 bits per heavy atom. The van der Waals surface area contributed by atoms with Gasteiger partial charge in [0.1, 0.15) is 19.3 Å². The number of aliphatic hydroxyl groups is 1. The molecule has 2 aromatic rings. The highest BCUT2D eigenvalue weighted by molar-refractivity contribution is 6.39. The number of hydrogen-bond donors (Lipinski definition) is 2. The fraction of sp³-hybridized carbons (Fsp3) is 0.600. The molecular weight excluding hydrogens is 585 g/mol. The van der Waals surface area contributed by atoms with Crippen LogP contribution in [0.15, 0.2) is 42.5 Å². The van der Waals surface area contributed by atoms with Crippen LogP contribution in [-0.2, 0) is 25.5 Å². The van der Waals surface area contributed by atoms with Crippen molar-refractivity contribution in [3.63, 3.8) is 0 Å². The maximum absolute atomic E-state index is 12.4. The third-order valence-electron chi connectivity index (χ3n) is 7.43. The number of unbranched alkanes of at least 4 members (excludes halogenated alkanes) is 14. The van der Waals surface area contributed by atoms with Gasteiger partial charge in [-0.05, 0) is 30.2 Å². The number of esters is 2. The van der Waals surface area contributed by atoms with Crippen molar-refractivity contribution in [2.45, 2.75) is 122 Å². The molecule has 0 aliphatic carbocycles. The first-order valence-electron chi connectivity index (χ1n) is 16.2. The molecule has 0 aromatic heterocycles. The minimum Gasteiger partial charge on any atom is -0.463 e. The standard InChI is InChI=1S/C35H51Cl2NO5/c1-2-3-4-5-6-7-8-9-10-11-12-13-14-15-16-24-33(40)42-26-29(39)27-43-34(41)25-28-20-17-18-23-32(28)38-35-30(36)21-19-22-31(35)37/h17-23,29,38-39H,2-16,24-27H2,1H3/t29-/m1/s1. The zero-order valence-corrected chi connectivity index (χ0v) is 27.4. The predicted octanol–water partition coefficient (Wildman–Crippen LogP) is 9.99. The highest BCUT2D eigenvalue weighted by Gasteiger charge is 2.15. The van der Waals surface area contributed by atoms with Gasteiger partial charge in [-0.25, -0.2) is 0 Å². The Labute approximate surface area is 268 Å². The van der Waals surface area contributed by atoms with Gasteiger partial charge in [0.25, 0.3) is 0 Å². The number of nitrogens with one attached hydrogen (secondary N) is 1. The zero-order chi connectivity index (χ0) is 31.1. The van der Waals surface area contributed by atoms with Gasteiger partial charge in [-0.1, -0.05) is 144 Å². The number of anilines is 2. The van der Waals surface area contributed by atoms with Crippen molar-refractivity contribution in [1.29, 1.82) is 0 Å². The third kappa shape index (κ3) is 17.0. The Hall–Kier alpha value is -2.28. The zero-order valence-electron chi connectivity index (χ0n) is 25.9. The van der Waals surface area contributed by atoms with Gasteiger partial charge in [-0.3, -0.25) is 9.59 Å². The van der Waals surface area contributed by atoms with Gasteiger partial charge in [0.05, 0.1) is 22.2 Å². The number of carbonyl (C=O) groups excluding carboxylic acids is 2. The highest BCUT2D eigenvalue weighted by atomic mass is 35.5. The Bertz CT molecular complexity index is 1040. The summed E-state index contributed by atoms with van der Waals surface area (Å²) < 4.78 is 10.4. The van der Waals surface area contributed by atoms with E-state index in [4.69, 9.17) is 32.7 Å². The first kappa shape index (κ1) is 36.9. The van der Waals surface area contributed by atoms with E-state index < -0.39 is 12.1 Å². The summed E-state index contributed by atoms with van der Waals surface area (Å²) in [6.45, 7) is 1.81. The van der Waals surface area contributed by atoms with E-state index in [0.29, 0.717) is 33.4 Å². The van der Waals surface area contributed by atoms with Crippen LogP contribution in [0.25, 0.3) is 0 Å². The number of hydrogen-bond acceptors (Lipinski definition) is 6. The summed E-state index contributed by atoms with van der Waals surface area (Å²) in [5, 5.41) is 14.2. The van der Waals surface area contributed by atoms with Gasteiger partial charge in [0.15, 0.2) is 0 Å². The van der Waals surface area contributed by atoms with Gasteiger partial charge < -0.3 is 19.9 Å². The summed E-state index contributed by atoms with van der Waals surface area (Å²) in [7, 11) is 0. The largest absolute Gasteiger partial charge is 0.463 e. The van der Waals surface area contributed by atoms with Crippen LogP contribution in [0.1, 0.15) is 115 Å². The monoisotopic (exact) mass is 635 g/mol. The lowest BCUT2D eigenvalue weighted by Gasteiger charge is -2.15. The van der Waals surface area contributed by atoms with Crippen LogP contribution in [0.4, 0.5) is 11.4 Å². The molecule has 0 saturated heterocycles. The fourth-order valence-corrected chi connectivity index (χ4v) is 5.39. The number of carbonyl (C=O) groups is 2. The maximum atomic E-state index is 12.4. The van der Waals surface area contributed by atoms with Crippen molar-refractivity contribution < 1.29 is 24.2 Å². The van der Waals surface area contributed by atoms with Gasteiger partial charge in [-0.15, -0.1) is 0 Å². The predicted molar refractivity (Wildman–Crippen MR) is 177 cm³/mol. The summed E-state index contributed by atoms with van der Waals surface area (Å²) >= 11 is 12.5. The molecule has 0 aliphatic heterocycles. The van der Waals surface area contributed by atoms with E-state index in [1.165, 1.54) is 77.0 Å². The van der Waals surface area contributed by atoms with Crippen LogP contribution in [0.2, 0.25) is 10.0 Å². The third-order valence-corrected chi connectivity index (χ3v) is 8.06. The molecule has 0 spiro atoms. The maximum Gasteiger partial charge on any atom is 0.310 e. The SMILES string of the molecule is CCCCCCCCCCCCCCCCCC(=O)OC[C@@H](O)COC(=O)Cc1ccccc1Nc1c(Cl)cccc1Cl. The normalized spacial score (nSPS) is 11.7. The second-order valence-electron chi connectivity index (χ2n) is 11.3. The Balaban J connectivity index is 1.50. The smallest absolute Gasteiger partial charge is 0.310 e. The molecule has 240 valence electrons. The van der Waals surface area contributed by atoms with E-state index in [1.807, 2.05) is 18.2 Å². The summed E-state index contributed by atoms with van der Waals surface area (Å²) in [5.74, 6) is -0.846. The first-order chi connectivity index (χ1) is 20.9. The number of para-hydroxylation sites is 2. The van der Waals surface area contributed by atoms with E-state index in [2.05, 4.69) is 12.2 Å². The van der Waals surface area contributed by atoms with Gasteiger partial charge in [0.2, 0.25) is 0 Å². The van der Waals surface area contributed by atoms with Crippen LogP contribution in [0.3, 0.4) is 0 Å². The number of ether oxygens (including phenoxy) is 2. The van der Waals surface area contributed by atoms with Crippen molar-refractivity contribution in [2.24, 2.45) is 0 Å². The molecule has 2 N–H and O–H groups in total. The molecule has 2 rings (SSSR count). The van der Waals surface area contributed by atoms with E-state index in [-0.39, 0.29) is 25.6 Å². The molecule has 1 atom stereocenters. The van der Waals surface area contributed by atoms with Crippen LogP contribution >= 0.6 is 23.2 Å². The molecule has 43 heavy (non-hydrogen) atoms. The topological polar surface area (TPSA) is 84.9 Å². The van der Waals surface area contributed by atoms with Crippen molar-refractivity contribution in [1.82, 2.24) is 0 Å². The number of rotatable bonds is 24. The van der Waals surface area contributed by atoms with Crippen molar-refractivity contribution >= 4 is 46.5 Å². The molecule has 0 fully saturated rings. The summed E-state index contributed by atoms with van der Waals surface area (Å²) in [6, 6.07) is 12.5. The van der Waals surface area contributed by atoms with Gasteiger partial charge >= 0.3 is 11.9 Å². The quantitative estimate of drug-likeness (QED) is 0.0881. The Morgan fingerprint density at radius 2 is 1.19 bits per heavy atom. The van der Waals surface area contributed by atoms with E-state index in [0.717, 1.165) is 19.3 Å². The molecule has 0 bridgehead atoms. The fourth-order valence-electron chi connectivity index (χ4n) is 4.89. The van der Waals surface area contributed by atoms with Crippen LogP contribution in [0.5, 0.6) is 0 Å². The van der Waals surface area contributed by atoms with E-state index in [1.54, 1.807) is 24.3 Å². The second kappa shape index (κ2) is 23.1. The minimum atomic E-state index is -1.08. The van der Waals surface area contributed by atoms with Crippen molar-refractivity contribution in [3.8, 4) is 0 Å². The van der Waals surface area contributed by atoms with Crippen LogP contribution in [0, 0.1) is 0 Å². The van der Waals surface area contributed by atoms with Gasteiger partial charge in [-0.2, -0.15) is 0 Å². The van der Waals surface area contributed by atoms with Crippen LogP contribution in [-0.4, -0.2) is 36.4 Å². The highest BCUT2D eigenvalue weighted by Crippen LogP contribution is 2.33. The lowest BCUT2D eigenvalue weighted by molar-refractivity contribution is -0.152. The molecule has 0 unspecified atom stereocenters. The molecule has 0 aliphatic rings. The second-order valence-corrected chi connectivity index (χ2v) is 12.1. The summed E-state index contributed by atoms with van der Waals surface area (Å²) in [4.78, 5) is 24.5. The molecule has 6 nitrogen and oxygen atoms in total. The average Bonchev–Trinajstić information content (AvgIpc) is 2.99. The van der Waals surface area contributed by atoms with E-state index >= 15 is 0 Å². The lowest BCUT2D eigenvalue weighted by atomic mass is 10.0. The minimum absolute atomic E-state index is 0.0169. The molecule has 2 aromatic carbocycles. The van der Waals surface area contributed by atoms with Crippen molar-refractivity contribution in [3.05, 3.63) is 58.1 Å². The number of aliphatic hydroxyl groups excluding tert-OH is 1. The molecule has 0 heterocycles. The summed E-state index contributed by atoms with van der Waals surface area (Å²) in [6.07, 6.45) is 18.3. The molecule has 8 heteroatoms. The Kier molecular flexibility index (Phi) is 19.9.